The first-order valence-corrected chi connectivity index (χ1v) is 6.88. The molecule has 0 amide bonds. The van der Waals surface area contributed by atoms with Gasteiger partial charge in [0.25, 0.3) is 0 Å². The second kappa shape index (κ2) is 6.25. The Labute approximate surface area is 127 Å². The number of hydrogen-bond acceptors (Lipinski definition) is 3. The van der Waals surface area contributed by atoms with Crippen LogP contribution in [0.5, 0.6) is 0 Å². The molecule has 0 aliphatic rings. The average molecular weight is 310 g/mol. The molecule has 0 bridgehead atoms. The van der Waals surface area contributed by atoms with Crippen LogP contribution in [0.25, 0.3) is 17.0 Å². The Morgan fingerprint density at radius 2 is 2.05 bits per heavy atom. The smallest absolute Gasteiger partial charge is 0.330 e. The minimum atomic E-state index is -0.399. The summed E-state index contributed by atoms with van der Waals surface area (Å²) in [5.41, 5.74) is 2.21. The molecule has 1 aromatic carbocycles. The Kier molecular flexibility index (Phi) is 4.63. The lowest BCUT2D eigenvalue weighted by atomic mass is 10.1. The quantitative estimate of drug-likeness (QED) is 0.622. The van der Waals surface area contributed by atoms with Crippen LogP contribution in [0.2, 0.25) is 10.0 Å². The van der Waals surface area contributed by atoms with E-state index in [1.165, 1.54) is 6.08 Å². The van der Waals surface area contributed by atoms with Gasteiger partial charge in [0.1, 0.15) is 0 Å². The van der Waals surface area contributed by atoms with E-state index in [2.05, 4.69) is 4.98 Å². The van der Waals surface area contributed by atoms with Crippen molar-refractivity contribution in [1.82, 2.24) is 4.98 Å². The summed E-state index contributed by atoms with van der Waals surface area (Å²) >= 11 is 12.3. The fraction of sp³-hybridized carbons (Fsp3) is 0.200. The summed E-state index contributed by atoms with van der Waals surface area (Å²) in [5.74, 6) is -0.399. The van der Waals surface area contributed by atoms with E-state index in [0.717, 1.165) is 10.9 Å². The zero-order valence-corrected chi connectivity index (χ0v) is 12.6. The van der Waals surface area contributed by atoms with E-state index >= 15 is 0 Å². The number of carbonyl (C=O) groups is 1. The SMILES string of the molecule is CCOC(=O)/C=C/c1cc(C)c2c(Cl)ccc(Cl)c2n1. The molecule has 104 valence electrons. The molecule has 0 unspecified atom stereocenters. The normalized spacial score (nSPS) is 11.2. The third kappa shape index (κ3) is 3.11. The topological polar surface area (TPSA) is 39.2 Å². The number of aromatic nitrogens is 1. The second-order valence-electron chi connectivity index (χ2n) is 4.20. The van der Waals surface area contributed by atoms with Gasteiger partial charge >= 0.3 is 5.97 Å². The molecular weight excluding hydrogens is 297 g/mol. The van der Waals surface area contributed by atoms with Crippen molar-refractivity contribution in [3.05, 3.63) is 45.6 Å². The van der Waals surface area contributed by atoms with E-state index in [0.29, 0.717) is 27.9 Å². The minimum absolute atomic E-state index is 0.342. The molecule has 0 radical (unpaired) electrons. The zero-order valence-electron chi connectivity index (χ0n) is 11.1. The Morgan fingerprint density at radius 3 is 2.75 bits per heavy atom. The molecule has 2 aromatic rings. The number of carbonyl (C=O) groups excluding carboxylic acids is 1. The Hall–Kier alpha value is -1.58. The fourth-order valence-corrected chi connectivity index (χ4v) is 2.41. The predicted octanol–water partition coefficient (Wildman–Crippen LogP) is 4.43. The van der Waals surface area contributed by atoms with Crippen LogP contribution in [-0.2, 0) is 9.53 Å². The highest BCUT2D eigenvalue weighted by Crippen LogP contribution is 2.31. The van der Waals surface area contributed by atoms with Crippen molar-refractivity contribution in [3.63, 3.8) is 0 Å². The van der Waals surface area contributed by atoms with Crippen LogP contribution in [0.1, 0.15) is 18.2 Å². The Morgan fingerprint density at radius 1 is 1.35 bits per heavy atom. The van der Waals surface area contributed by atoms with Crippen LogP contribution in [0.3, 0.4) is 0 Å². The minimum Gasteiger partial charge on any atom is -0.463 e. The molecule has 0 saturated carbocycles. The summed E-state index contributed by atoms with van der Waals surface area (Å²) in [6.07, 6.45) is 2.94. The van der Waals surface area contributed by atoms with Gasteiger partial charge in [-0.25, -0.2) is 9.78 Å². The molecule has 0 N–H and O–H groups in total. The number of aryl methyl sites for hydroxylation is 1. The highest BCUT2D eigenvalue weighted by molar-refractivity contribution is 6.40. The third-order valence-corrected chi connectivity index (χ3v) is 3.37. The number of hydrogen-bond donors (Lipinski definition) is 0. The molecule has 0 fully saturated rings. The zero-order chi connectivity index (χ0) is 14.7. The highest BCUT2D eigenvalue weighted by Gasteiger charge is 2.09. The van der Waals surface area contributed by atoms with Gasteiger partial charge in [-0.05, 0) is 43.7 Å². The number of nitrogens with zero attached hydrogens (tertiary/aromatic N) is 1. The van der Waals surface area contributed by atoms with Gasteiger partial charge in [0, 0.05) is 11.5 Å². The fourth-order valence-electron chi connectivity index (χ4n) is 1.91. The van der Waals surface area contributed by atoms with Crippen LogP contribution in [0.4, 0.5) is 0 Å². The van der Waals surface area contributed by atoms with Crippen molar-refractivity contribution < 1.29 is 9.53 Å². The lowest BCUT2D eigenvalue weighted by molar-refractivity contribution is -0.137. The van der Waals surface area contributed by atoms with Crippen molar-refractivity contribution in [2.75, 3.05) is 6.61 Å². The molecule has 20 heavy (non-hydrogen) atoms. The van der Waals surface area contributed by atoms with Gasteiger partial charge in [-0.1, -0.05) is 23.2 Å². The monoisotopic (exact) mass is 309 g/mol. The largest absolute Gasteiger partial charge is 0.463 e. The summed E-state index contributed by atoms with van der Waals surface area (Å²) < 4.78 is 4.82. The van der Waals surface area contributed by atoms with E-state index < -0.39 is 5.97 Å². The molecule has 0 aliphatic carbocycles. The molecule has 0 spiro atoms. The number of halogens is 2. The first-order chi connectivity index (χ1) is 9.52. The van der Waals surface area contributed by atoms with Gasteiger partial charge in [0.05, 0.1) is 27.9 Å². The summed E-state index contributed by atoms with van der Waals surface area (Å²) in [5, 5.41) is 1.96. The summed E-state index contributed by atoms with van der Waals surface area (Å²) in [4.78, 5) is 15.7. The molecule has 0 aliphatic heterocycles. The molecule has 1 heterocycles. The van der Waals surface area contributed by atoms with Gasteiger partial charge < -0.3 is 4.74 Å². The summed E-state index contributed by atoms with van der Waals surface area (Å²) in [7, 11) is 0. The van der Waals surface area contributed by atoms with Crippen LogP contribution in [-0.4, -0.2) is 17.6 Å². The number of ether oxygens (including phenoxy) is 1. The molecule has 3 nitrogen and oxygen atoms in total. The molecule has 0 atom stereocenters. The van der Waals surface area contributed by atoms with E-state index in [-0.39, 0.29) is 0 Å². The number of pyridine rings is 1. The average Bonchev–Trinajstić information content (AvgIpc) is 2.41. The first-order valence-electron chi connectivity index (χ1n) is 6.13. The van der Waals surface area contributed by atoms with E-state index in [9.17, 15) is 4.79 Å². The maximum atomic E-state index is 11.3. The highest BCUT2D eigenvalue weighted by atomic mass is 35.5. The Bertz CT molecular complexity index is 696. The maximum absolute atomic E-state index is 11.3. The van der Waals surface area contributed by atoms with Crippen LogP contribution in [0.15, 0.2) is 24.3 Å². The van der Waals surface area contributed by atoms with Crippen molar-refractivity contribution in [2.24, 2.45) is 0 Å². The van der Waals surface area contributed by atoms with Crippen LogP contribution >= 0.6 is 23.2 Å². The van der Waals surface area contributed by atoms with Gasteiger partial charge in [0.2, 0.25) is 0 Å². The standard InChI is InChI=1S/C15H13Cl2NO2/c1-3-20-13(19)7-4-10-8-9(2)14-11(16)5-6-12(17)15(14)18-10/h4-8H,3H2,1-2H3/b7-4+. The number of esters is 1. The van der Waals surface area contributed by atoms with E-state index in [1.807, 2.05) is 13.0 Å². The van der Waals surface area contributed by atoms with Gasteiger partial charge in [0.15, 0.2) is 0 Å². The third-order valence-electron chi connectivity index (χ3n) is 2.75. The summed E-state index contributed by atoms with van der Waals surface area (Å²) in [6.45, 7) is 4.02. The van der Waals surface area contributed by atoms with Crippen molar-refractivity contribution in [3.8, 4) is 0 Å². The van der Waals surface area contributed by atoms with E-state index in [4.69, 9.17) is 27.9 Å². The van der Waals surface area contributed by atoms with Crippen LogP contribution in [0, 0.1) is 6.92 Å². The molecule has 5 heteroatoms. The molecule has 2 rings (SSSR count). The predicted molar refractivity (Wildman–Crippen MR) is 82.2 cm³/mol. The second-order valence-corrected chi connectivity index (χ2v) is 5.02. The number of fused-ring (bicyclic) bond motifs is 1. The van der Waals surface area contributed by atoms with E-state index in [1.54, 1.807) is 25.1 Å². The number of rotatable bonds is 3. The maximum Gasteiger partial charge on any atom is 0.330 e. The molecule has 1 aromatic heterocycles. The van der Waals surface area contributed by atoms with Gasteiger partial charge in [-0.3, -0.25) is 0 Å². The van der Waals surface area contributed by atoms with Gasteiger partial charge in [-0.15, -0.1) is 0 Å². The van der Waals surface area contributed by atoms with Crippen molar-refractivity contribution >= 4 is 46.2 Å². The molecular formula is C15H13Cl2NO2. The van der Waals surface area contributed by atoms with Crippen molar-refractivity contribution in [2.45, 2.75) is 13.8 Å². The Balaban J connectivity index is 2.48. The number of benzene rings is 1. The van der Waals surface area contributed by atoms with Crippen molar-refractivity contribution in [1.29, 1.82) is 0 Å². The van der Waals surface area contributed by atoms with Gasteiger partial charge in [-0.2, -0.15) is 0 Å². The molecule has 0 saturated heterocycles. The van der Waals surface area contributed by atoms with Crippen LogP contribution < -0.4 is 0 Å². The summed E-state index contributed by atoms with van der Waals surface area (Å²) in [6, 6.07) is 5.30. The lowest BCUT2D eigenvalue weighted by Gasteiger charge is -2.07. The first kappa shape index (κ1) is 14.8. The lowest BCUT2D eigenvalue weighted by Crippen LogP contribution is -1.99.